The molecule has 0 saturated carbocycles. The lowest BCUT2D eigenvalue weighted by molar-refractivity contribution is 0.102. The first-order valence-electron chi connectivity index (χ1n) is 6.31. The summed E-state index contributed by atoms with van der Waals surface area (Å²) in [5, 5.41) is 6.39. The van der Waals surface area contributed by atoms with Gasteiger partial charge in [0, 0.05) is 30.4 Å². The van der Waals surface area contributed by atoms with Gasteiger partial charge < -0.3 is 15.4 Å². The van der Waals surface area contributed by atoms with Crippen LogP contribution in [-0.4, -0.2) is 36.1 Å². The Morgan fingerprint density at radius 1 is 1.29 bits per heavy atom. The Morgan fingerprint density at radius 3 is 2.76 bits per heavy atom. The highest BCUT2D eigenvalue weighted by molar-refractivity contribution is 6.30. The number of nitrogens with one attached hydrogen (secondary N) is 2. The molecule has 1 heterocycles. The van der Waals surface area contributed by atoms with Crippen molar-refractivity contribution >= 4 is 29.0 Å². The van der Waals surface area contributed by atoms with Gasteiger partial charge in [-0.05, 0) is 24.3 Å². The average Bonchev–Trinajstić information content (AvgIpc) is 2.50. The number of aromatic nitrogens is 2. The van der Waals surface area contributed by atoms with Crippen molar-refractivity contribution in [1.29, 1.82) is 0 Å². The molecule has 2 N–H and O–H groups in total. The molecule has 21 heavy (non-hydrogen) atoms. The van der Waals surface area contributed by atoms with Crippen LogP contribution in [0.2, 0.25) is 5.02 Å². The number of hydrogen-bond acceptors (Lipinski definition) is 5. The molecular formula is C14H15ClN4O2. The number of hydrogen-bond donors (Lipinski definition) is 2. The van der Waals surface area contributed by atoms with Crippen molar-refractivity contribution in [2.75, 3.05) is 30.9 Å². The van der Waals surface area contributed by atoms with Crippen LogP contribution < -0.4 is 10.6 Å². The van der Waals surface area contributed by atoms with E-state index < -0.39 is 0 Å². The molecule has 110 valence electrons. The van der Waals surface area contributed by atoms with E-state index >= 15 is 0 Å². The molecule has 0 spiro atoms. The van der Waals surface area contributed by atoms with Crippen molar-refractivity contribution < 1.29 is 9.53 Å². The van der Waals surface area contributed by atoms with Crippen LogP contribution in [0.5, 0.6) is 0 Å². The second kappa shape index (κ2) is 7.56. The molecule has 0 fully saturated rings. The minimum atomic E-state index is -0.311. The Balaban J connectivity index is 2.01. The third-order valence-corrected chi connectivity index (χ3v) is 2.87. The van der Waals surface area contributed by atoms with Gasteiger partial charge in [0.2, 0.25) is 0 Å². The van der Waals surface area contributed by atoms with E-state index in [2.05, 4.69) is 20.6 Å². The molecule has 7 heteroatoms. The van der Waals surface area contributed by atoms with Gasteiger partial charge in [0.1, 0.15) is 17.8 Å². The first kappa shape index (κ1) is 15.2. The molecule has 1 aromatic heterocycles. The van der Waals surface area contributed by atoms with E-state index in [1.54, 1.807) is 37.4 Å². The topological polar surface area (TPSA) is 76.1 Å². The fourth-order valence-corrected chi connectivity index (χ4v) is 1.71. The fourth-order valence-electron chi connectivity index (χ4n) is 1.59. The SMILES string of the molecule is COCCNc1cc(C(=O)Nc2ccc(Cl)cc2)ncn1. The molecule has 0 atom stereocenters. The highest BCUT2D eigenvalue weighted by atomic mass is 35.5. The number of rotatable bonds is 6. The largest absolute Gasteiger partial charge is 0.383 e. The molecule has 0 aliphatic rings. The third-order valence-electron chi connectivity index (χ3n) is 2.61. The maximum atomic E-state index is 12.1. The predicted molar refractivity (Wildman–Crippen MR) is 81.8 cm³/mol. The van der Waals surface area contributed by atoms with E-state index in [4.69, 9.17) is 16.3 Å². The van der Waals surface area contributed by atoms with Crippen molar-refractivity contribution in [3.63, 3.8) is 0 Å². The number of carbonyl (C=O) groups excluding carboxylic acids is 1. The van der Waals surface area contributed by atoms with Crippen LogP contribution in [0.3, 0.4) is 0 Å². The molecule has 6 nitrogen and oxygen atoms in total. The van der Waals surface area contributed by atoms with Crippen molar-refractivity contribution in [2.24, 2.45) is 0 Å². The Hall–Kier alpha value is -2.18. The van der Waals surface area contributed by atoms with Crippen molar-refractivity contribution in [3.05, 3.63) is 47.4 Å². The molecule has 0 radical (unpaired) electrons. The van der Waals surface area contributed by atoms with Gasteiger partial charge in [-0.1, -0.05) is 11.6 Å². The number of benzene rings is 1. The minimum absolute atomic E-state index is 0.278. The van der Waals surface area contributed by atoms with Gasteiger partial charge in [0.25, 0.3) is 5.91 Å². The smallest absolute Gasteiger partial charge is 0.274 e. The first-order valence-corrected chi connectivity index (χ1v) is 6.68. The summed E-state index contributed by atoms with van der Waals surface area (Å²) in [6.45, 7) is 1.15. The summed E-state index contributed by atoms with van der Waals surface area (Å²) < 4.78 is 4.93. The highest BCUT2D eigenvalue weighted by Crippen LogP contribution is 2.14. The van der Waals surface area contributed by atoms with Gasteiger partial charge >= 0.3 is 0 Å². The number of halogens is 1. The Kier molecular flexibility index (Phi) is 5.48. The van der Waals surface area contributed by atoms with Gasteiger partial charge in [-0.2, -0.15) is 0 Å². The maximum absolute atomic E-state index is 12.1. The lowest BCUT2D eigenvalue weighted by Gasteiger charge is -2.07. The van der Waals surface area contributed by atoms with Crippen LogP contribution >= 0.6 is 11.6 Å². The number of anilines is 2. The van der Waals surface area contributed by atoms with Gasteiger partial charge in [0.15, 0.2) is 0 Å². The fraction of sp³-hybridized carbons (Fsp3) is 0.214. The molecular weight excluding hydrogens is 292 g/mol. The molecule has 0 aliphatic heterocycles. The number of nitrogens with zero attached hydrogens (tertiary/aromatic N) is 2. The van der Waals surface area contributed by atoms with E-state index in [9.17, 15) is 4.79 Å². The van der Waals surface area contributed by atoms with E-state index in [-0.39, 0.29) is 11.6 Å². The summed E-state index contributed by atoms with van der Waals surface area (Å²) in [6, 6.07) is 8.43. The molecule has 0 bridgehead atoms. The highest BCUT2D eigenvalue weighted by Gasteiger charge is 2.09. The van der Waals surface area contributed by atoms with Crippen LogP contribution in [-0.2, 0) is 4.74 Å². The second-order valence-corrected chi connectivity index (χ2v) is 4.61. The lowest BCUT2D eigenvalue weighted by atomic mass is 10.3. The molecule has 2 rings (SSSR count). The van der Waals surface area contributed by atoms with Crippen molar-refractivity contribution in [3.8, 4) is 0 Å². The Labute approximate surface area is 127 Å². The van der Waals surface area contributed by atoms with E-state index in [1.807, 2.05) is 0 Å². The van der Waals surface area contributed by atoms with Crippen LogP contribution in [0.4, 0.5) is 11.5 Å². The second-order valence-electron chi connectivity index (χ2n) is 4.17. The molecule has 1 aromatic carbocycles. The lowest BCUT2D eigenvalue weighted by Crippen LogP contribution is -2.15. The van der Waals surface area contributed by atoms with E-state index in [0.29, 0.717) is 29.7 Å². The summed E-state index contributed by atoms with van der Waals surface area (Å²) >= 11 is 5.79. The standard InChI is InChI=1S/C14H15ClN4O2/c1-21-7-6-16-13-8-12(17-9-18-13)14(20)19-11-4-2-10(15)3-5-11/h2-5,8-9H,6-7H2,1H3,(H,19,20)(H,16,17,18). The zero-order valence-corrected chi connectivity index (χ0v) is 12.2. The van der Waals surface area contributed by atoms with Gasteiger partial charge in [0.05, 0.1) is 6.61 Å². The zero-order chi connectivity index (χ0) is 15.1. The maximum Gasteiger partial charge on any atom is 0.274 e. The molecule has 1 amide bonds. The number of amides is 1. The minimum Gasteiger partial charge on any atom is -0.383 e. The summed E-state index contributed by atoms with van der Waals surface area (Å²) in [6.07, 6.45) is 1.34. The summed E-state index contributed by atoms with van der Waals surface area (Å²) in [7, 11) is 1.62. The van der Waals surface area contributed by atoms with Gasteiger partial charge in [-0.15, -0.1) is 0 Å². The molecule has 0 unspecified atom stereocenters. The normalized spacial score (nSPS) is 10.2. The summed E-state index contributed by atoms with van der Waals surface area (Å²) in [4.78, 5) is 20.1. The number of ether oxygens (including phenoxy) is 1. The first-order chi connectivity index (χ1) is 10.2. The summed E-state index contributed by atoms with van der Waals surface area (Å²) in [5.41, 5.74) is 0.928. The monoisotopic (exact) mass is 306 g/mol. The Morgan fingerprint density at radius 2 is 2.05 bits per heavy atom. The summed E-state index contributed by atoms with van der Waals surface area (Å²) in [5.74, 6) is 0.262. The van der Waals surface area contributed by atoms with Crippen LogP contribution in [0, 0.1) is 0 Å². The van der Waals surface area contributed by atoms with Crippen molar-refractivity contribution in [2.45, 2.75) is 0 Å². The number of carbonyl (C=O) groups is 1. The van der Waals surface area contributed by atoms with Gasteiger partial charge in [-0.3, -0.25) is 4.79 Å². The quantitative estimate of drug-likeness (QED) is 0.802. The van der Waals surface area contributed by atoms with E-state index in [0.717, 1.165) is 0 Å². The van der Waals surface area contributed by atoms with Crippen LogP contribution in [0.25, 0.3) is 0 Å². The molecule has 2 aromatic rings. The number of methoxy groups -OCH3 is 1. The molecule has 0 saturated heterocycles. The average molecular weight is 307 g/mol. The zero-order valence-electron chi connectivity index (χ0n) is 11.5. The van der Waals surface area contributed by atoms with Crippen LogP contribution in [0.1, 0.15) is 10.5 Å². The van der Waals surface area contributed by atoms with Gasteiger partial charge in [-0.25, -0.2) is 9.97 Å². The van der Waals surface area contributed by atoms with Crippen molar-refractivity contribution in [1.82, 2.24) is 9.97 Å². The Bertz CT molecular complexity index is 604. The van der Waals surface area contributed by atoms with Crippen LogP contribution in [0.15, 0.2) is 36.7 Å². The van der Waals surface area contributed by atoms with E-state index in [1.165, 1.54) is 6.33 Å². The molecule has 0 aliphatic carbocycles. The third kappa shape index (κ3) is 4.70. The predicted octanol–water partition coefficient (Wildman–Crippen LogP) is 2.44.